The third kappa shape index (κ3) is 3.18. The van der Waals surface area contributed by atoms with E-state index < -0.39 is 0 Å². The van der Waals surface area contributed by atoms with Gasteiger partial charge in [0.2, 0.25) is 0 Å². The van der Waals surface area contributed by atoms with E-state index in [-0.39, 0.29) is 6.10 Å². The van der Waals surface area contributed by atoms with Gasteiger partial charge in [0, 0.05) is 36.6 Å². The summed E-state index contributed by atoms with van der Waals surface area (Å²) in [5, 5.41) is 4.33. The van der Waals surface area contributed by atoms with Crippen LogP contribution < -0.4 is 5.32 Å². The first-order valence-corrected chi connectivity index (χ1v) is 7.20. The Morgan fingerprint density at radius 1 is 1.15 bits per heavy atom. The zero-order valence-electron chi connectivity index (χ0n) is 11.1. The molecule has 0 bridgehead atoms. The molecule has 0 radical (unpaired) electrons. The highest BCUT2D eigenvalue weighted by Crippen LogP contribution is 2.30. The molecule has 0 amide bonds. The van der Waals surface area contributed by atoms with Gasteiger partial charge in [-0.1, -0.05) is 23.7 Å². The molecular weight excluding hydrogens is 272 g/mol. The van der Waals surface area contributed by atoms with Gasteiger partial charge in [-0.2, -0.15) is 0 Å². The van der Waals surface area contributed by atoms with E-state index in [0.717, 1.165) is 24.6 Å². The van der Waals surface area contributed by atoms with E-state index in [4.69, 9.17) is 16.3 Å². The second kappa shape index (κ2) is 6.35. The Hall–Kier alpha value is -1.42. The van der Waals surface area contributed by atoms with Crippen LogP contribution in [0.15, 0.2) is 48.8 Å². The molecule has 2 atom stereocenters. The monoisotopic (exact) mass is 288 g/mol. The zero-order valence-corrected chi connectivity index (χ0v) is 11.9. The first-order chi connectivity index (χ1) is 9.83. The van der Waals surface area contributed by atoms with Crippen molar-refractivity contribution in [3.05, 3.63) is 64.9 Å². The van der Waals surface area contributed by atoms with Crippen LogP contribution >= 0.6 is 11.6 Å². The minimum absolute atomic E-state index is 0.106. The van der Waals surface area contributed by atoms with E-state index in [9.17, 15) is 0 Å². The lowest BCUT2D eigenvalue weighted by molar-refractivity contribution is 0.0985. The minimum atomic E-state index is 0.106. The van der Waals surface area contributed by atoms with Crippen molar-refractivity contribution in [1.29, 1.82) is 0 Å². The van der Waals surface area contributed by atoms with Gasteiger partial charge >= 0.3 is 0 Å². The first kappa shape index (κ1) is 13.6. The van der Waals surface area contributed by atoms with Crippen LogP contribution in [0.3, 0.4) is 0 Å². The van der Waals surface area contributed by atoms with E-state index in [1.807, 2.05) is 48.8 Å². The van der Waals surface area contributed by atoms with E-state index in [2.05, 4.69) is 10.3 Å². The van der Waals surface area contributed by atoms with Gasteiger partial charge in [-0.25, -0.2) is 0 Å². The van der Waals surface area contributed by atoms with Gasteiger partial charge in [-0.05, 0) is 41.8 Å². The maximum atomic E-state index is 5.93. The first-order valence-electron chi connectivity index (χ1n) is 6.82. The molecular formula is C16H17ClN2O. The minimum Gasteiger partial charge on any atom is -0.372 e. The molecule has 2 heterocycles. The molecule has 104 valence electrons. The lowest BCUT2D eigenvalue weighted by Gasteiger charge is -2.20. The average Bonchev–Trinajstić information content (AvgIpc) is 2.95. The highest BCUT2D eigenvalue weighted by Gasteiger charge is 2.29. The molecule has 1 saturated heterocycles. The van der Waals surface area contributed by atoms with Crippen LogP contribution in [-0.2, 0) is 11.3 Å². The quantitative estimate of drug-likeness (QED) is 0.937. The summed E-state index contributed by atoms with van der Waals surface area (Å²) in [5.41, 5.74) is 2.42. The number of ether oxygens (including phenoxy) is 1. The highest BCUT2D eigenvalue weighted by molar-refractivity contribution is 6.30. The van der Waals surface area contributed by atoms with Gasteiger partial charge < -0.3 is 10.1 Å². The zero-order chi connectivity index (χ0) is 13.8. The lowest BCUT2D eigenvalue weighted by Crippen LogP contribution is -2.31. The number of hydrogen-bond donors (Lipinski definition) is 1. The van der Waals surface area contributed by atoms with Crippen molar-refractivity contribution in [2.24, 2.45) is 0 Å². The fraction of sp³-hybridized carbons (Fsp3) is 0.312. The summed E-state index contributed by atoms with van der Waals surface area (Å²) in [7, 11) is 0. The summed E-state index contributed by atoms with van der Waals surface area (Å²) >= 11 is 5.93. The lowest BCUT2D eigenvalue weighted by atomic mass is 10.0. The second-order valence-electron chi connectivity index (χ2n) is 4.97. The number of hydrogen-bond acceptors (Lipinski definition) is 3. The number of aromatic nitrogens is 1. The molecule has 2 aromatic rings. The SMILES string of the molecule is Clc1ccc([C@@H]2OCC[C@@H]2NCc2ccncc2)cc1. The predicted molar refractivity (Wildman–Crippen MR) is 79.6 cm³/mol. The standard InChI is InChI=1S/C16H17ClN2O/c17-14-3-1-13(2-4-14)16-15(7-10-20-16)19-11-12-5-8-18-9-6-12/h1-6,8-9,15-16,19H,7,10-11H2/t15-,16-/m0/s1. The van der Waals surface area contributed by atoms with Crippen molar-refractivity contribution in [3.63, 3.8) is 0 Å². The second-order valence-corrected chi connectivity index (χ2v) is 5.41. The number of rotatable bonds is 4. The number of halogens is 1. The van der Waals surface area contributed by atoms with Gasteiger partial charge in [-0.3, -0.25) is 4.98 Å². The van der Waals surface area contributed by atoms with Crippen molar-refractivity contribution in [3.8, 4) is 0 Å². The van der Waals surface area contributed by atoms with Crippen LogP contribution in [0.1, 0.15) is 23.7 Å². The summed E-state index contributed by atoms with van der Waals surface area (Å²) in [6.45, 7) is 1.63. The number of nitrogens with one attached hydrogen (secondary N) is 1. The molecule has 1 aromatic carbocycles. The van der Waals surface area contributed by atoms with Crippen molar-refractivity contribution in [1.82, 2.24) is 10.3 Å². The molecule has 3 rings (SSSR count). The van der Waals surface area contributed by atoms with Crippen molar-refractivity contribution >= 4 is 11.6 Å². The molecule has 1 aliphatic heterocycles. The Labute approximate surface area is 123 Å². The number of pyridine rings is 1. The number of nitrogens with zero attached hydrogens (tertiary/aromatic N) is 1. The fourth-order valence-corrected chi connectivity index (χ4v) is 2.66. The Bertz CT molecular complexity index is 544. The van der Waals surface area contributed by atoms with Crippen LogP contribution in [0.5, 0.6) is 0 Å². The molecule has 1 aliphatic rings. The van der Waals surface area contributed by atoms with Gasteiger partial charge in [0.25, 0.3) is 0 Å². The molecule has 3 nitrogen and oxygen atoms in total. The molecule has 1 aromatic heterocycles. The summed E-state index contributed by atoms with van der Waals surface area (Å²) in [6, 6.07) is 12.3. The topological polar surface area (TPSA) is 34.1 Å². The van der Waals surface area contributed by atoms with E-state index in [1.54, 1.807) is 0 Å². The third-order valence-electron chi connectivity index (χ3n) is 3.61. The summed E-state index contributed by atoms with van der Waals surface area (Å²) < 4.78 is 5.86. The van der Waals surface area contributed by atoms with E-state index >= 15 is 0 Å². The third-order valence-corrected chi connectivity index (χ3v) is 3.86. The van der Waals surface area contributed by atoms with Crippen molar-refractivity contribution in [2.45, 2.75) is 25.1 Å². The Balaban J connectivity index is 1.65. The maximum Gasteiger partial charge on any atom is 0.0978 e. The Morgan fingerprint density at radius 2 is 1.90 bits per heavy atom. The van der Waals surface area contributed by atoms with Crippen molar-refractivity contribution in [2.75, 3.05) is 6.61 Å². The van der Waals surface area contributed by atoms with E-state index in [1.165, 1.54) is 11.1 Å². The Kier molecular flexibility index (Phi) is 4.31. The normalized spacial score (nSPS) is 22.1. The summed E-state index contributed by atoms with van der Waals surface area (Å²) in [4.78, 5) is 4.03. The van der Waals surface area contributed by atoms with Gasteiger partial charge in [0.15, 0.2) is 0 Å². The van der Waals surface area contributed by atoms with Crippen LogP contribution in [0.4, 0.5) is 0 Å². The van der Waals surface area contributed by atoms with Crippen LogP contribution in [-0.4, -0.2) is 17.6 Å². The number of benzene rings is 1. The molecule has 0 unspecified atom stereocenters. The van der Waals surface area contributed by atoms with Gasteiger partial charge in [-0.15, -0.1) is 0 Å². The largest absolute Gasteiger partial charge is 0.372 e. The summed E-state index contributed by atoms with van der Waals surface area (Å²) in [6.07, 6.45) is 4.77. The predicted octanol–water partition coefficient (Wildman–Crippen LogP) is 3.35. The van der Waals surface area contributed by atoms with Crippen LogP contribution in [0, 0.1) is 0 Å². The van der Waals surface area contributed by atoms with Crippen LogP contribution in [0.25, 0.3) is 0 Å². The molecule has 1 fully saturated rings. The maximum absolute atomic E-state index is 5.93. The average molecular weight is 289 g/mol. The molecule has 4 heteroatoms. The van der Waals surface area contributed by atoms with E-state index in [0.29, 0.717) is 6.04 Å². The Morgan fingerprint density at radius 3 is 2.65 bits per heavy atom. The fourth-order valence-electron chi connectivity index (χ4n) is 2.53. The molecule has 20 heavy (non-hydrogen) atoms. The molecule has 0 aliphatic carbocycles. The van der Waals surface area contributed by atoms with Gasteiger partial charge in [0.05, 0.1) is 6.10 Å². The summed E-state index contributed by atoms with van der Waals surface area (Å²) in [5.74, 6) is 0. The van der Waals surface area contributed by atoms with Crippen LogP contribution in [0.2, 0.25) is 5.02 Å². The molecule has 1 N–H and O–H groups in total. The highest BCUT2D eigenvalue weighted by atomic mass is 35.5. The molecule has 0 spiro atoms. The van der Waals surface area contributed by atoms with Crippen molar-refractivity contribution < 1.29 is 4.74 Å². The van der Waals surface area contributed by atoms with Gasteiger partial charge in [0.1, 0.15) is 0 Å². The molecule has 0 saturated carbocycles. The smallest absolute Gasteiger partial charge is 0.0978 e.